The van der Waals surface area contributed by atoms with Crippen molar-refractivity contribution >= 4 is 28.8 Å². The van der Waals surface area contributed by atoms with Gasteiger partial charge in [-0.25, -0.2) is 0 Å². The first-order chi connectivity index (χ1) is 14.4. The van der Waals surface area contributed by atoms with Crippen LogP contribution in [0.15, 0.2) is 115 Å². The molecule has 0 radical (unpaired) electrons. The van der Waals surface area contributed by atoms with Crippen LogP contribution in [0.4, 0.5) is 22.7 Å². The Balaban J connectivity index is 1.62. The number of rotatable bonds is 4. The maximum Gasteiger partial charge on any atom is 0.163 e. The maximum absolute atomic E-state index is 6.20. The van der Waals surface area contributed by atoms with Crippen LogP contribution in [0.5, 0.6) is 5.75 Å². The van der Waals surface area contributed by atoms with E-state index in [-0.39, 0.29) is 0 Å². The van der Waals surface area contributed by atoms with Gasteiger partial charge in [-0.15, -0.1) is 0 Å². The zero-order valence-electron chi connectivity index (χ0n) is 15.8. The third-order valence-corrected chi connectivity index (χ3v) is 4.89. The lowest BCUT2D eigenvalue weighted by molar-refractivity contribution is 0.315. The molecule has 1 aliphatic rings. The highest BCUT2D eigenvalue weighted by molar-refractivity contribution is 5.85. The van der Waals surface area contributed by atoms with Gasteiger partial charge in [-0.05, 0) is 48.5 Å². The molecule has 140 valence electrons. The zero-order valence-corrected chi connectivity index (χ0v) is 15.8. The normalized spacial score (nSPS) is 12.2. The standard InChI is InChI=1S/C26H20N2O/c1-3-12-22(13-4-1)28(23-14-5-2-6-15-23)25-17-9-8-16-24(25)27-20-19-21-11-7-10-18-26(21)29-27/h1-20H. The van der Waals surface area contributed by atoms with E-state index in [0.29, 0.717) is 0 Å². The highest BCUT2D eigenvalue weighted by atomic mass is 16.7. The molecule has 0 atom stereocenters. The topological polar surface area (TPSA) is 15.7 Å². The van der Waals surface area contributed by atoms with Crippen molar-refractivity contribution in [2.45, 2.75) is 0 Å². The number of nitrogens with zero attached hydrogens (tertiary/aromatic N) is 2. The lowest BCUT2D eigenvalue weighted by atomic mass is 10.1. The molecule has 4 aromatic carbocycles. The Bertz CT molecular complexity index is 1100. The third kappa shape index (κ3) is 3.34. The lowest BCUT2D eigenvalue weighted by Crippen LogP contribution is -2.25. The van der Waals surface area contributed by atoms with Crippen molar-refractivity contribution in [3.8, 4) is 5.75 Å². The monoisotopic (exact) mass is 376 g/mol. The molecule has 0 saturated heterocycles. The maximum atomic E-state index is 6.20. The molecule has 29 heavy (non-hydrogen) atoms. The summed E-state index contributed by atoms with van der Waals surface area (Å²) in [5, 5.41) is 1.83. The van der Waals surface area contributed by atoms with Gasteiger partial charge in [0, 0.05) is 23.1 Å². The number of benzene rings is 4. The van der Waals surface area contributed by atoms with Gasteiger partial charge in [-0.1, -0.05) is 66.7 Å². The smallest absolute Gasteiger partial charge is 0.163 e. The average molecular weight is 376 g/mol. The van der Waals surface area contributed by atoms with Crippen LogP contribution in [0.25, 0.3) is 6.08 Å². The van der Waals surface area contributed by atoms with Gasteiger partial charge in [0.1, 0.15) is 5.69 Å². The van der Waals surface area contributed by atoms with E-state index in [0.717, 1.165) is 34.1 Å². The van der Waals surface area contributed by atoms with E-state index >= 15 is 0 Å². The first-order valence-electron chi connectivity index (χ1n) is 9.64. The van der Waals surface area contributed by atoms with E-state index in [2.05, 4.69) is 83.8 Å². The van der Waals surface area contributed by atoms with Crippen molar-refractivity contribution in [3.63, 3.8) is 0 Å². The summed E-state index contributed by atoms with van der Waals surface area (Å²) in [6.45, 7) is 0. The highest BCUT2D eigenvalue weighted by Crippen LogP contribution is 2.41. The van der Waals surface area contributed by atoms with Crippen molar-refractivity contribution in [1.82, 2.24) is 0 Å². The molecule has 1 aliphatic heterocycles. The third-order valence-electron chi connectivity index (χ3n) is 4.89. The second kappa shape index (κ2) is 7.56. The Kier molecular flexibility index (Phi) is 4.47. The van der Waals surface area contributed by atoms with E-state index in [1.54, 1.807) is 0 Å². The van der Waals surface area contributed by atoms with Gasteiger partial charge in [-0.3, -0.25) is 0 Å². The van der Waals surface area contributed by atoms with Crippen LogP contribution in [0.2, 0.25) is 0 Å². The molecule has 0 unspecified atom stereocenters. The molecule has 0 saturated carbocycles. The van der Waals surface area contributed by atoms with E-state index in [1.165, 1.54) is 0 Å². The van der Waals surface area contributed by atoms with Crippen LogP contribution < -0.4 is 14.8 Å². The molecule has 3 nitrogen and oxygen atoms in total. The fourth-order valence-electron chi connectivity index (χ4n) is 3.54. The average Bonchev–Trinajstić information content (AvgIpc) is 2.81. The molecule has 0 bridgehead atoms. The quantitative estimate of drug-likeness (QED) is 0.384. The summed E-state index contributed by atoms with van der Waals surface area (Å²) in [5.41, 5.74) is 5.25. The second-order valence-corrected chi connectivity index (χ2v) is 6.77. The van der Waals surface area contributed by atoms with Gasteiger partial charge in [0.2, 0.25) is 0 Å². The van der Waals surface area contributed by atoms with Gasteiger partial charge in [0.25, 0.3) is 0 Å². The Morgan fingerprint density at radius 2 is 1.17 bits per heavy atom. The van der Waals surface area contributed by atoms with Crippen molar-refractivity contribution in [2.24, 2.45) is 0 Å². The van der Waals surface area contributed by atoms with Crippen LogP contribution in [0.1, 0.15) is 5.56 Å². The molecule has 0 amide bonds. The van der Waals surface area contributed by atoms with Crippen LogP contribution >= 0.6 is 0 Å². The molecular weight excluding hydrogens is 356 g/mol. The summed E-state index contributed by atoms with van der Waals surface area (Å²) in [5.74, 6) is 0.843. The summed E-state index contributed by atoms with van der Waals surface area (Å²) in [6.07, 6.45) is 4.04. The summed E-state index contributed by atoms with van der Waals surface area (Å²) in [7, 11) is 0. The largest absolute Gasteiger partial charge is 0.375 e. The first kappa shape index (κ1) is 17.1. The number of fused-ring (bicyclic) bond motifs is 1. The van der Waals surface area contributed by atoms with Crippen LogP contribution in [-0.2, 0) is 0 Å². The SMILES string of the molecule is C1=CN(c2ccccc2N(c2ccccc2)c2ccccc2)Oc2ccccc21. The Hall–Kier alpha value is -3.98. The molecule has 0 fully saturated rings. The summed E-state index contributed by atoms with van der Waals surface area (Å²) in [4.78, 5) is 8.44. The predicted molar refractivity (Wildman–Crippen MR) is 120 cm³/mol. The molecule has 0 spiro atoms. The minimum atomic E-state index is 0.843. The molecule has 1 heterocycles. The van der Waals surface area contributed by atoms with Crippen molar-refractivity contribution in [1.29, 1.82) is 0 Å². The molecule has 0 N–H and O–H groups in total. The highest BCUT2D eigenvalue weighted by Gasteiger charge is 2.21. The summed E-state index contributed by atoms with van der Waals surface area (Å²) < 4.78 is 0. The van der Waals surface area contributed by atoms with Crippen LogP contribution in [0, 0.1) is 0 Å². The number of hydroxylamine groups is 1. The van der Waals surface area contributed by atoms with Crippen molar-refractivity contribution in [3.05, 3.63) is 121 Å². The van der Waals surface area contributed by atoms with Gasteiger partial charge >= 0.3 is 0 Å². The second-order valence-electron chi connectivity index (χ2n) is 6.77. The van der Waals surface area contributed by atoms with Gasteiger partial charge in [0.05, 0.1) is 5.69 Å². The Morgan fingerprint density at radius 1 is 0.586 bits per heavy atom. The molecule has 4 aromatic rings. The number of para-hydroxylation sites is 5. The van der Waals surface area contributed by atoms with Crippen LogP contribution in [0.3, 0.4) is 0 Å². The van der Waals surface area contributed by atoms with Gasteiger partial charge in [0.15, 0.2) is 5.75 Å². The van der Waals surface area contributed by atoms with E-state index in [1.807, 2.05) is 47.7 Å². The summed E-state index contributed by atoms with van der Waals surface area (Å²) >= 11 is 0. The minimum absolute atomic E-state index is 0.843. The fraction of sp³-hybridized carbons (Fsp3) is 0. The molecule has 3 heteroatoms. The Labute approximate surface area is 170 Å². The van der Waals surface area contributed by atoms with Gasteiger partial charge in [-0.2, -0.15) is 5.06 Å². The molecule has 0 aromatic heterocycles. The van der Waals surface area contributed by atoms with E-state index < -0.39 is 0 Å². The first-order valence-corrected chi connectivity index (χ1v) is 9.64. The van der Waals surface area contributed by atoms with Gasteiger partial charge < -0.3 is 9.74 Å². The fourth-order valence-corrected chi connectivity index (χ4v) is 3.54. The number of anilines is 4. The van der Waals surface area contributed by atoms with E-state index in [4.69, 9.17) is 4.84 Å². The minimum Gasteiger partial charge on any atom is -0.375 e. The lowest BCUT2D eigenvalue weighted by Gasteiger charge is -2.32. The molecular formula is C26H20N2O. The van der Waals surface area contributed by atoms with Crippen molar-refractivity contribution in [2.75, 3.05) is 9.96 Å². The number of hydrogen-bond acceptors (Lipinski definition) is 3. The van der Waals surface area contributed by atoms with Crippen LogP contribution in [-0.4, -0.2) is 0 Å². The Morgan fingerprint density at radius 3 is 1.90 bits per heavy atom. The number of hydrogen-bond donors (Lipinski definition) is 0. The zero-order chi connectivity index (χ0) is 19.5. The predicted octanol–water partition coefficient (Wildman–Crippen LogP) is 6.94. The molecule has 0 aliphatic carbocycles. The molecule has 5 rings (SSSR count). The summed E-state index contributed by atoms with van der Waals surface area (Å²) in [6, 6.07) is 37.1. The van der Waals surface area contributed by atoms with Crippen molar-refractivity contribution < 1.29 is 4.84 Å². The van der Waals surface area contributed by atoms with E-state index in [9.17, 15) is 0 Å².